The van der Waals surface area contributed by atoms with Crippen LogP contribution in [0, 0.1) is 0 Å². The van der Waals surface area contributed by atoms with Crippen molar-refractivity contribution in [2.24, 2.45) is 0 Å². The summed E-state index contributed by atoms with van der Waals surface area (Å²) in [6, 6.07) is 10.8. The van der Waals surface area contributed by atoms with Crippen LogP contribution in [0.4, 0.5) is 13.2 Å². The zero-order valence-electron chi connectivity index (χ0n) is 18.0. The number of ketones is 1. The number of likely N-dealkylation sites (tertiary alicyclic amines) is 1. The summed E-state index contributed by atoms with van der Waals surface area (Å²) in [5, 5.41) is 0. The van der Waals surface area contributed by atoms with Gasteiger partial charge < -0.3 is 9.47 Å². The topological polar surface area (TPSA) is 45.6 Å². The van der Waals surface area contributed by atoms with Crippen molar-refractivity contribution in [3.63, 3.8) is 0 Å². The van der Waals surface area contributed by atoms with Crippen LogP contribution in [0.1, 0.15) is 63.7 Å². The lowest BCUT2D eigenvalue weighted by molar-refractivity contribution is -0.0892. The number of Topliss-reactive ketones (excluding diaryl/α,β-unsaturated/α-hetero) is 1. The fourth-order valence-electron chi connectivity index (χ4n) is 5.33. The van der Waals surface area contributed by atoms with Crippen LogP contribution in [0.3, 0.4) is 0 Å². The highest BCUT2D eigenvalue weighted by Gasteiger charge is 2.47. The average molecular weight is 445 g/mol. The summed E-state index contributed by atoms with van der Waals surface area (Å²) in [7, 11) is 1.97. The van der Waals surface area contributed by atoms with E-state index in [9.17, 15) is 22.8 Å². The Hall–Kier alpha value is -2.61. The third-order valence-electron chi connectivity index (χ3n) is 7.42. The number of piperidine rings is 1. The van der Waals surface area contributed by atoms with E-state index in [1.165, 1.54) is 29.0 Å². The van der Waals surface area contributed by atoms with Crippen molar-refractivity contribution >= 4 is 11.7 Å². The monoisotopic (exact) mass is 445 g/mol. The molecule has 0 atom stereocenters. The van der Waals surface area contributed by atoms with E-state index in [0.29, 0.717) is 50.5 Å². The highest BCUT2D eigenvalue weighted by Crippen LogP contribution is 2.43. The Morgan fingerprint density at radius 1 is 0.938 bits per heavy atom. The third kappa shape index (κ3) is 3.45. The molecule has 170 valence electrons. The van der Waals surface area contributed by atoms with Crippen LogP contribution in [0.5, 0.6) is 0 Å². The molecule has 8 heteroatoms. The molecule has 3 heterocycles. The minimum Gasteiger partial charge on any atom is -0.339 e. The van der Waals surface area contributed by atoms with Crippen molar-refractivity contribution in [1.82, 2.24) is 14.4 Å². The van der Waals surface area contributed by atoms with Gasteiger partial charge in [-0.2, -0.15) is 13.2 Å². The molecule has 1 saturated heterocycles. The summed E-state index contributed by atoms with van der Waals surface area (Å²) in [5.41, 5.74) is 1.92. The zero-order chi connectivity index (χ0) is 22.7. The number of rotatable bonds is 3. The molecule has 1 saturated carbocycles. The number of hydrogen-bond acceptors (Lipinski definition) is 3. The van der Waals surface area contributed by atoms with E-state index in [1.54, 1.807) is 6.07 Å². The SMILES string of the molecule is CN1CCn2c(C(=O)C(F)(F)F)ccc2C12CCN(C(=O)c1ccc(C3CC3)cc1)CC2. The largest absolute Gasteiger partial charge is 0.456 e. The number of carbonyl (C=O) groups excluding carboxylic acids is 2. The number of alkyl halides is 3. The molecular formula is C24H26F3N3O2. The maximum absolute atomic E-state index is 13.0. The lowest BCUT2D eigenvalue weighted by atomic mass is 9.81. The molecule has 1 aromatic carbocycles. The van der Waals surface area contributed by atoms with Gasteiger partial charge in [0, 0.05) is 37.4 Å². The van der Waals surface area contributed by atoms with Gasteiger partial charge in [0.05, 0.1) is 11.2 Å². The summed E-state index contributed by atoms with van der Waals surface area (Å²) in [5.74, 6) is -1.17. The number of fused-ring (bicyclic) bond motifs is 2. The van der Waals surface area contributed by atoms with Gasteiger partial charge in [0.1, 0.15) is 0 Å². The van der Waals surface area contributed by atoms with Gasteiger partial charge in [-0.05, 0) is 68.5 Å². The second-order valence-corrected chi connectivity index (χ2v) is 9.22. The van der Waals surface area contributed by atoms with Gasteiger partial charge >= 0.3 is 6.18 Å². The highest BCUT2D eigenvalue weighted by molar-refractivity contribution is 5.99. The van der Waals surface area contributed by atoms with Crippen LogP contribution in [0.15, 0.2) is 36.4 Å². The minimum absolute atomic E-state index is 0.0102. The molecule has 5 nitrogen and oxygen atoms in total. The van der Waals surface area contributed by atoms with E-state index < -0.39 is 17.5 Å². The second-order valence-electron chi connectivity index (χ2n) is 9.22. The smallest absolute Gasteiger partial charge is 0.339 e. The normalized spacial score (nSPS) is 20.9. The Labute approximate surface area is 184 Å². The molecule has 3 aliphatic rings. The van der Waals surface area contributed by atoms with Gasteiger partial charge in [-0.25, -0.2) is 0 Å². The van der Waals surface area contributed by atoms with Crippen molar-refractivity contribution in [3.8, 4) is 0 Å². The number of amides is 1. The molecule has 5 rings (SSSR count). The maximum atomic E-state index is 13.0. The molecule has 0 N–H and O–H groups in total. The summed E-state index contributed by atoms with van der Waals surface area (Å²) < 4.78 is 40.7. The summed E-state index contributed by atoms with van der Waals surface area (Å²) in [4.78, 5) is 28.9. The van der Waals surface area contributed by atoms with Gasteiger partial charge in [0.25, 0.3) is 11.7 Å². The Morgan fingerprint density at radius 2 is 1.59 bits per heavy atom. The van der Waals surface area contributed by atoms with E-state index in [2.05, 4.69) is 4.90 Å². The van der Waals surface area contributed by atoms with Crippen molar-refractivity contribution in [2.75, 3.05) is 26.7 Å². The van der Waals surface area contributed by atoms with E-state index in [-0.39, 0.29) is 11.6 Å². The molecule has 2 aliphatic heterocycles. The molecule has 1 aliphatic carbocycles. The lowest BCUT2D eigenvalue weighted by Gasteiger charge is -2.50. The van der Waals surface area contributed by atoms with E-state index >= 15 is 0 Å². The fraction of sp³-hybridized carbons (Fsp3) is 0.500. The Balaban J connectivity index is 1.35. The predicted octanol–water partition coefficient (Wildman–Crippen LogP) is 4.19. The molecule has 1 spiro atoms. The predicted molar refractivity (Wildman–Crippen MR) is 113 cm³/mol. The van der Waals surface area contributed by atoms with Crippen molar-refractivity contribution in [3.05, 3.63) is 58.9 Å². The van der Waals surface area contributed by atoms with Gasteiger partial charge in [0.2, 0.25) is 0 Å². The fourth-order valence-corrected chi connectivity index (χ4v) is 5.33. The Bertz CT molecular complexity index is 1050. The Morgan fingerprint density at radius 3 is 2.19 bits per heavy atom. The molecule has 2 fully saturated rings. The molecule has 0 unspecified atom stereocenters. The van der Waals surface area contributed by atoms with E-state index in [4.69, 9.17) is 0 Å². The molecular weight excluding hydrogens is 419 g/mol. The van der Waals surface area contributed by atoms with Gasteiger partial charge in [-0.3, -0.25) is 14.5 Å². The number of aromatic nitrogens is 1. The minimum atomic E-state index is -4.89. The van der Waals surface area contributed by atoms with Crippen LogP contribution in [-0.4, -0.2) is 58.9 Å². The number of halogens is 3. The standard InChI is InChI=1S/C24H26F3N3O2/c1-28-14-15-30-19(21(31)24(25,26)27)8-9-20(30)23(28)10-12-29(13-11-23)22(32)18-6-4-17(5-7-18)16-2-3-16/h4-9,16H,2-3,10-15H2,1H3. The van der Waals surface area contributed by atoms with Crippen LogP contribution in [0.2, 0.25) is 0 Å². The zero-order valence-corrected chi connectivity index (χ0v) is 18.0. The number of carbonyl (C=O) groups is 2. The lowest BCUT2D eigenvalue weighted by Crippen LogP contribution is -2.56. The van der Waals surface area contributed by atoms with Gasteiger partial charge in [0.15, 0.2) is 0 Å². The summed E-state index contributed by atoms with van der Waals surface area (Å²) >= 11 is 0. The third-order valence-corrected chi connectivity index (χ3v) is 7.42. The first-order chi connectivity index (χ1) is 15.2. The summed E-state index contributed by atoms with van der Waals surface area (Å²) in [6.45, 7) is 1.92. The Kier molecular flexibility index (Phi) is 4.96. The number of benzene rings is 1. The number of nitrogens with zero attached hydrogens (tertiary/aromatic N) is 3. The van der Waals surface area contributed by atoms with Crippen LogP contribution in [-0.2, 0) is 12.1 Å². The number of likely N-dealkylation sites (N-methyl/N-ethyl adjacent to an activating group) is 1. The molecule has 32 heavy (non-hydrogen) atoms. The average Bonchev–Trinajstić information content (AvgIpc) is 3.54. The van der Waals surface area contributed by atoms with Gasteiger partial charge in [-0.15, -0.1) is 0 Å². The maximum Gasteiger partial charge on any atom is 0.456 e. The molecule has 2 aromatic rings. The quantitative estimate of drug-likeness (QED) is 0.666. The van der Waals surface area contributed by atoms with E-state index in [0.717, 1.165) is 5.69 Å². The molecule has 1 aromatic heterocycles. The van der Waals surface area contributed by atoms with Crippen molar-refractivity contribution in [1.29, 1.82) is 0 Å². The highest BCUT2D eigenvalue weighted by atomic mass is 19.4. The van der Waals surface area contributed by atoms with Crippen molar-refractivity contribution in [2.45, 2.75) is 49.9 Å². The van der Waals surface area contributed by atoms with Crippen molar-refractivity contribution < 1.29 is 22.8 Å². The molecule has 0 radical (unpaired) electrons. The van der Waals surface area contributed by atoms with Gasteiger partial charge in [-0.1, -0.05) is 12.1 Å². The second kappa shape index (κ2) is 7.47. The first-order valence-corrected chi connectivity index (χ1v) is 11.1. The first-order valence-electron chi connectivity index (χ1n) is 11.1. The first kappa shape index (κ1) is 21.2. The van der Waals surface area contributed by atoms with Crippen LogP contribution in [0.25, 0.3) is 0 Å². The van der Waals surface area contributed by atoms with Crippen LogP contribution >= 0.6 is 0 Å². The van der Waals surface area contributed by atoms with E-state index in [1.807, 2.05) is 36.2 Å². The number of hydrogen-bond donors (Lipinski definition) is 0. The summed E-state index contributed by atoms with van der Waals surface area (Å²) in [6.07, 6.45) is -1.24. The molecule has 1 amide bonds. The van der Waals surface area contributed by atoms with Crippen LogP contribution < -0.4 is 0 Å². The molecule has 0 bridgehead atoms.